The molecule has 0 aliphatic rings. The third-order valence-corrected chi connectivity index (χ3v) is 6.80. The number of aryl methyl sites for hydroxylation is 3. The average Bonchev–Trinajstić information content (AvgIpc) is 2.78. The van der Waals surface area contributed by atoms with Crippen molar-refractivity contribution < 1.29 is 18.1 Å². The molecule has 34 heavy (non-hydrogen) atoms. The van der Waals surface area contributed by atoms with Crippen molar-refractivity contribution in [3.8, 4) is 0 Å². The van der Waals surface area contributed by atoms with E-state index in [9.17, 15) is 23.3 Å². The van der Waals surface area contributed by atoms with Crippen molar-refractivity contribution in [3.63, 3.8) is 0 Å². The Morgan fingerprint density at radius 3 is 2.21 bits per heavy atom. The highest BCUT2D eigenvalue weighted by molar-refractivity contribution is 7.92. The molecule has 0 aromatic heterocycles. The van der Waals surface area contributed by atoms with Crippen LogP contribution in [-0.4, -0.2) is 32.0 Å². The van der Waals surface area contributed by atoms with E-state index in [1.807, 2.05) is 19.9 Å². The maximum atomic E-state index is 13.5. The van der Waals surface area contributed by atoms with Gasteiger partial charge in [-0.3, -0.25) is 19.2 Å². The third-order valence-electron chi connectivity index (χ3n) is 5.02. The molecule has 0 atom stereocenters. The number of benzene rings is 3. The normalized spacial score (nSPS) is 11.4. The van der Waals surface area contributed by atoms with Crippen LogP contribution in [0.2, 0.25) is 0 Å². The first-order valence-electron chi connectivity index (χ1n) is 10.3. The molecule has 176 valence electrons. The van der Waals surface area contributed by atoms with Crippen LogP contribution in [-0.2, 0) is 14.8 Å². The lowest BCUT2D eigenvalue weighted by molar-refractivity contribution is -0.384. The molecule has 0 saturated heterocycles. The minimum atomic E-state index is -4.03. The molecular weight excluding hydrogens is 456 g/mol. The predicted molar refractivity (Wildman–Crippen MR) is 130 cm³/mol. The fraction of sp³-hybridized carbons (Fsp3) is 0.167. The summed E-state index contributed by atoms with van der Waals surface area (Å²) in [5.41, 5.74) is 5.76. The Hall–Kier alpha value is -4.05. The number of nitro benzene ring substituents is 1. The Balaban J connectivity index is 1.84. The van der Waals surface area contributed by atoms with Crippen LogP contribution in [0.25, 0.3) is 0 Å². The van der Waals surface area contributed by atoms with Gasteiger partial charge in [-0.15, -0.1) is 0 Å². The number of anilines is 1. The topological polar surface area (TPSA) is 122 Å². The summed E-state index contributed by atoms with van der Waals surface area (Å²) in [6.45, 7) is 5.05. The summed E-state index contributed by atoms with van der Waals surface area (Å²) in [6, 6.07) is 17.3. The molecule has 10 heteroatoms. The average molecular weight is 481 g/mol. The van der Waals surface area contributed by atoms with Gasteiger partial charge in [-0.05, 0) is 62.2 Å². The van der Waals surface area contributed by atoms with Crippen LogP contribution in [0, 0.1) is 30.9 Å². The van der Waals surface area contributed by atoms with E-state index < -0.39 is 27.4 Å². The van der Waals surface area contributed by atoms with Gasteiger partial charge in [0.05, 0.1) is 21.7 Å². The first-order valence-corrected chi connectivity index (χ1v) is 11.7. The zero-order valence-electron chi connectivity index (χ0n) is 18.9. The standard InChI is InChI=1S/C24H24N4O5S/c1-17-4-11-22(12-5-17)34(32,33)27(23-13-6-18(2)14-19(23)3)16-24(29)26-25-15-20-7-9-21(10-8-20)28(30)31/h4-15H,16H2,1-3H3,(H,26,29)/b25-15-. The van der Waals surface area contributed by atoms with Gasteiger partial charge in [0.15, 0.2) is 0 Å². The second kappa shape index (κ2) is 10.3. The number of hydrazone groups is 1. The van der Waals surface area contributed by atoms with Gasteiger partial charge < -0.3 is 0 Å². The fourth-order valence-electron chi connectivity index (χ4n) is 3.25. The van der Waals surface area contributed by atoms with Crippen LogP contribution in [0.5, 0.6) is 0 Å². The number of hydrogen-bond acceptors (Lipinski definition) is 6. The molecule has 0 radical (unpaired) electrons. The van der Waals surface area contributed by atoms with Crippen molar-refractivity contribution in [1.29, 1.82) is 0 Å². The molecule has 9 nitrogen and oxygen atoms in total. The molecule has 0 aliphatic carbocycles. The summed E-state index contributed by atoms with van der Waals surface area (Å²) in [4.78, 5) is 22.9. The van der Waals surface area contributed by atoms with E-state index in [4.69, 9.17) is 0 Å². The molecule has 3 aromatic carbocycles. The third kappa shape index (κ3) is 5.84. The van der Waals surface area contributed by atoms with Gasteiger partial charge in [-0.2, -0.15) is 5.10 Å². The molecule has 1 N–H and O–H groups in total. The Kier molecular flexibility index (Phi) is 7.42. The lowest BCUT2D eigenvalue weighted by atomic mass is 10.1. The summed E-state index contributed by atoms with van der Waals surface area (Å²) in [5, 5.41) is 14.6. The molecule has 0 unspecified atom stereocenters. The Labute approximate surface area is 197 Å². The number of nitrogens with one attached hydrogen (secondary N) is 1. The van der Waals surface area contributed by atoms with Crippen molar-refractivity contribution in [2.45, 2.75) is 25.7 Å². The highest BCUT2D eigenvalue weighted by Gasteiger charge is 2.28. The van der Waals surface area contributed by atoms with Crippen LogP contribution in [0.3, 0.4) is 0 Å². The lowest BCUT2D eigenvalue weighted by Crippen LogP contribution is -2.40. The van der Waals surface area contributed by atoms with E-state index in [-0.39, 0.29) is 10.6 Å². The molecule has 3 rings (SSSR count). The Bertz CT molecular complexity index is 1330. The predicted octanol–water partition coefficient (Wildman–Crippen LogP) is 3.87. The van der Waals surface area contributed by atoms with E-state index in [0.29, 0.717) is 16.8 Å². The summed E-state index contributed by atoms with van der Waals surface area (Å²) >= 11 is 0. The quantitative estimate of drug-likeness (QED) is 0.298. The van der Waals surface area contributed by atoms with Crippen molar-refractivity contribution in [2.75, 3.05) is 10.8 Å². The highest BCUT2D eigenvalue weighted by atomic mass is 32.2. The van der Waals surface area contributed by atoms with Gasteiger partial charge in [-0.25, -0.2) is 13.8 Å². The summed E-state index contributed by atoms with van der Waals surface area (Å²) in [5.74, 6) is -0.645. The molecule has 0 fully saturated rings. The Morgan fingerprint density at radius 1 is 1.00 bits per heavy atom. The number of sulfonamides is 1. The number of amides is 1. The zero-order chi connectivity index (χ0) is 24.9. The zero-order valence-corrected chi connectivity index (χ0v) is 19.7. The van der Waals surface area contributed by atoms with Gasteiger partial charge in [0.1, 0.15) is 6.54 Å². The maximum Gasteiger partial charge on any atom is 0.269 e. The summed E-state index contributed by atoms with van der Waals surface area (Å²) in [6.07, 6.45) is 1.32. The summed E-state index contributed by atoms with van der Waals surface area (Å²) in [7, 11) is -4.03. The fourth-order valence-corrected chi connectivity index (χ4v) is 4.73. The first-order chi connectivity index (χ1) is 16.1. The smallest absolute Gasteiger partial charge is 0.269 e. The molecule has 0 bridgehead atoms. The number of rotatable bonds is 8. The van der Waals surface area contributed by atoms with E-state index in [2.05, 4.69) is 10.5 Å². The van der Waals surface area contributed by atoms with Crippen LogP contribution in [0.4, 0.5) is 11.4 Å². The van der Waals surface area contributed by atoms with Crippen molar-refractivity contribution in [3.05, 3.63) is 99.1 Å². The van der Waals surface area contributed by atoms with E-state index in [0.717, 1.165) is 15.4 Å². The van der Waals surface area contributed by atoms with Crippen LogP contribution >= 0.6 is 0 Å². The number of nitrogens with zero attached hydrogens (tertiary/aromatic N) is 3. The molecular formula is C24H24N4O5S. The highest BCUT2D eigenvalue weighted by Crippen LogP contribution is 2.27. The number of carbonyl (C=O) groups excluding carboxylic acids is 1. The van der Waals surface area contributed by atoms with E-state index in [1.165, 1.54) is 42.6 Å². The van der Waals surface area contributed by atoms with Gasteiger partial charge >= 0.3 is 0 Å². The lowest BCUT2D eigenvalue weighted by Gasteiger charge is -2.25. The second-order valence-corrected chi connectivity index (χ2v) is 9.62. The first kappa shape index (κ1) is 24.6. The van der Waals surface area contributed by atoms with Crippen molar-refractivity contribution in [2.24, 2.45) is 5.10 Å². The molecule has 3 aromatic rings. The number of non-ortho nitro benzene ring substituents is 1. The minimum absolute atomic E-state index is 0.0633. The number of hydrogen-bond donors (Lipinski definition) is 1. The largest absolute Gasteiger partial charge is 0.271 e. The van der Waals surface area contributed by atoms with Crippen molar-refractivity contribution >= 4 is 33.5 Å². The van der Waals surface area contributed by atoms with Gasteiger partial charge in [0.2, 0.25) is 0 Å². The van der Waals surface area contributed by atoms with Crippen LogP contribution in [0.1, 0.15) is 22.3 Å². The minimum Gasteiger partial charge on any atom is -0.271 e. The Morgan fingerprint density at radius 2 is 1.62 bits per heavy atom. The molecule has 0 saturated carbocycles. The maximum absolute atomic E-state index is 13.5. The number of nitro groups is 1. The van der Waals surface area contributed by atoms with Crippen LogP contribution in [0.15, 0.2) is 76.7 Å². The van der Waals surface area contributed by atoms with Gasteiger partial charge in [0, 0.05) is 12.1 Å². The molecule has 0 spiro atoms. The second-order valence-electron chi connectivity index (χ2n) is 7.76. The molecule has 1 amide bonds. The molecule has 0 aliphatic heterocycles. The van der Waals surface area contributed by atoms with Crippen LogP contribution < -0.4 is 9.73 Å². The van der Waals surface area contributed by atoms with Gasteiger partial charge in [-0.1, -0.05) is 35.4 Å². The monoisotopic (exact) mass is 480 g/mol. The molecule has 0 heterocycles. The van der Waals surface area contributed by atoms with Crippen molar-refractivity contribution in [1.82, 2.24) is 5.43 Å². The van der Waals surface area contributed by atoms with Gasteiger partial charge in [0.25, 0.3) is 21.6 Å². The van der Waals surface area contributed by atoms with E-state index in [1.54, 1.807) is 31.2 Å². The SMILES string of the molecule is Cc1ccc(S(=O)(=O)N(CC(=O)N/N=C\c2ccc([N+](=O)[O-])cc2)c2ccc(C)cc2C)cc1. The van der Waals surface area contributed by atoms with E-state index >= 15 is 0 Å². The summed E-state index contributed by atoms with van der Waals surface area (Å²) < 4.78 is 28.0. The number of carbonyl (C=O) groups is 1.